The molecule has 152 valence electrons. The van der Waals surface area contributed by atoms with E-state index in [1.807, 2.05) is 6.92 Å². The van der Waals surface area contributed by atoms with Gasteiger partial charge in [-0.3, -0.25) is 9.59 Å². The summed E-state index contributed by atoms with van der Waals surface area (Å²) in [5, 5.41) is 20.3. The number of nitrogens with zero attached hydrogens (tertiary/aromatic N) is 1. The normalized spacial score (nSPS) is 18.2. The van der Waals surface area contributed by atoms with E-state index in [0.29, 0.717) is 29.2 Å². The molecule has 2 N–H and O–H groups in total. The van der Waals surface area contributed by atoms with E-state index in [-0.39, 0.29) is 24.5 Å². The summed E-state index contributed by atoms with van der Waals surface area (Å²) in [5.74, 6) is -0.556. The van der Waals surface area contributed by atoms with Crippen LogP contribution in [-0.4, -0.2) is 53.7 Å². The summed E-state index contributed by atoms with van der Waals surface area (Å²) in [4.78, 5) is 26.6. The van der Waals surface area contributed by atoms with Crippen molar-refractivity contribution in [2.45, 2.75) is 13.0 Å². The number of ether oxygens (including phenoxy) is 2. The molecule has 1 atom stereocenters. The van der Waals surface area contributed by atoms with Gasteiger partial charge in [-0.15, -0.1) is 0 Å². The number of Topliss-reactive ketones (excluding diaryl/α,β-unsaturated/α-hetero) is 1. The van der Waals surface area contributed by atoms with Crippen LogP contribution in [0, 0.1) is 0 Å². The van der Waals surface area contributed by atoms with Gasteiger partial charge < -0.3 is 24.6 Å². The summed E-state index contributed by atoms with van der Waals surface area (Å²) in [7, 11) is 1.53. The van der Waals surface area contributed by atoms with Gasteiger partial charge in [0.05, 0.1) is 31.9 Å². The van der Waals surface area contributed by atoms with Gasteiger partial charge in [0.1, 0.15) is 17.3 Å². The van der Waals surface area contributed by atoms with E-state index in [1.165, 1.54) is 12.0 Å². The minimum Gasteiger partial charge on any atom is -0.507 e. The molecule has 0 spiro atoms. The third-order valence-electron chi connectivity index (χ3n) is 4.75. The molecule has 1 aliphatic heterocycles. The molecule has 3 rings (SSSR count). The predicted octanol–water partition coefficient (Wildman–Crippen LogP) is 2.51. The molecule has 1 fully saturated rings. The van der Waals surface area contributed by atoms with Crippen LogP contribution in [0.4, 0.5) is 0 Å². The predicted molar refractivity (Wildman–Crippen MR) is 107 cm³/mol. The monoisotopic (exact) mass is 397 g/mol. The van der Waals surface area contributed by atoms with Crippen LogP contribution >= 0.6 is 0 Å². The van der Waals surface area contributed by atoms with Crippen LogP contribution in [0.15, 0.2) is 54.1 Å². The Bertz CT molecular complexity index is 917. The van der Waals surface area contributed by atoms with E-state index in [1.54, 1.807) is 48.5 Å². The van der Waals surface area contributed by atoms with Crippen molar-refractivity contribution < 1.29 is 29.3 Å². The summed E-state index contributed by atoms with van der Waals surface area (Å²) in [6.07, 6.45) is 0. The molecular formula is C22H23NO6. The Morgan fingerprint density at radius 1 is 1.03 bits per heavy atom. The van der Waals surface area contributed by atoms with Crippen molar-refractivity contribution in [3.8, 4) is 11.5 Å². The Balaban J connectivity index is 2.10. The maximum atomic E-state index is 12.7. The Morgan fingerprint density at radius 3 is 2.21 bits per heavy atom. The fourth-order valence-electron chi connectivity index (χ4n) is 3.38. The summed E-state index contributed by atoms with van der Waals surface area (Å²) >= 11 is 0. The van der Waals surface area contributed by atoms with Gasteiger partial charge >= 0.3 is 0 Å². The van der Waals surface area contributed by atoms with Gasteiger partial charge in [0.25, 0.3) is 11.7 Å². The van der Waals surface area contributed by atoms with Gasteiger partial charge in [-0.25, -0.2) is 0 Å². The molecule has 29 heavy (non-hydrogen) atoms. The summed E-state index contributed by atoms with van der Waals surface area (Å²) in [6, 6.07) is 12.7. The van der Waals surface area contributed by atoms with Crippen molar-refractivity contribution in [1.82, 2.24) is 4.90 Å². The number of methoxy groups -OCH3 is 1. The van der Waals surface area contributed by atoms with Gasteiger partial charge in [0, 0.05) is 12.1 Å². The van der Waals surface area contributed by atoms with Crippen LogP contribution in [0.1, 0.15) is 24.1 Å². The average molecular weight is 397 g/mol. The average Bonchev–Trinajstić information content (AvgIpc) is 2.99. The molecule has 7 heteroatoms. The molecule has 0 aromatic heterocycles. The number of rotatable bonds is 7. The second-order valence-electron chi connectivity index (χ2n) is 6.45. The number of hydrogen-bond donors (Lipinski definition) is 2. The molecule has 1 aliphatic rings. The summed E-state index contributed by atoms with van der Waals surface area (Å²) in [6.45, 7) is 2.06. The molecule has 1 heterocycles. The molecule has 2 aromatic carbocycles. The number of hydrogen-bond acceptors (Lipinski definition) is 6. The second kappa shape index (κ2) is 8.79. The van der Waals surface area contributed by atoms with E-state index < -0.39 is 17.7 Å². The largest absolute Gasteiger partial charge is 0.507 e. The van der Waals surface area contributed by atoms with E-state index in [9.17, 15) is 19.8 Å². The van der Waals surface area contributed by atoms with Gasteiger partial charge in [0.15, 0.2) is 0 Å². The number of aliphatic hydroxyl groups excluding tert-OH is 2. The number of aliphatic hydroxyl groups is 2. The highest BCUT2D eigenvalue weighted by Crippen LogP contribution is 2.39. The van der Waals surface area contributed by atoms with Gasteiger partial charge in [-0.05, 0) is 48.9 Å². The third-order valence-corrected chi connectivity index (χ3v) is 4.75. The molecule has 0 radical (unpaired) electrons. The van der Waals surface area contributed by atoms with Crippen molar-refractivity contribution in [3.05, 3.63) is 65.2 Å². The van der Waals surface area contributed by atoms with Crippen molar-refractivity contribution in [2.24, 2.45) is 0 Å². The molecule has 7 nitrogen and oxygen atoms in total. The minimum absolute atomic E-state index is 0.0159. The van der Waals surface area contributed by atoms with Crippen LogP contribution in [0.5, 0.6) is 11.5 Å². The smallest absolute Gasteiger partial charge is 0.295 e. The van der Waals surface area contributed by atoms with Crippen LogP contribution in [-0.2, 0) is 9.59 Å². The van der Waals surface area contributed by atoms with Gasteiger partial charge in [-0.2, -0.15) is 0 Å². The van der Waals surface area contributed by atoms with Crippen molar-refractivity contribution in [2.75, 3.05) is 26.9 Å². The highest BCUT2D eigenvalue weighted by Gasteiger charge is 2.45. The zero-order valence-corrected chi connectivity index (χ0v) is 16.3. The van der Waals surface area contributed by atoms with Crippen LogP contribution in [0.3, 0.4) is 0 Å². The number of likely N-dealkylation sites (tertiary alicyclic amines) is 1. The summed E-state index contributed by atoms with van der Waals surface area (Å²) < 4.78 is 10.6. The number of β-amino-alcohol motifs (C(OH)–C–C–N with tert-alkyl or cyclic N) is 1. The van der Waals surface area contributed by atoms with Crippen LogP contribution < -0.4 is 9.47 Å². The molecule has 1 unspecified atom stereocenters. The number of amides is 1. The lowest BCUT2D eigenvalue weighted by atomic mass is 9.95. The Morgan fingerprint density at radius 2 is 1.66 bits per heavy atom. The number of benzene rings is 2. The Labute approximate surface area is 168 Å². The lowest BCUT2D eigenvalue weighted by Gasteiger charge is -2.24. The second-order valence-corrected chi connectivity index (χ2v) is 6.45. The standard InChI is InChI=1S/C22H23NO6/c1-3-29-17-10-4-14(5-11-17)19-18(21(26)22(27)23(19)12-13-24)20(25)15-6-8-16(28-2)9-7-15/h4-11,19,24-25H,3,12-13H2,1-2H3/b20-18-. The summed E-state index contributed by atoms with van der Waals surface area (Å²) in [5.41, 5.74) is 1.01. The third kappa shape index (κ3) is 3.95. The van der Waals surface area contributed by atoms with Gasteiger partial charge in [0.2, 0.25) is 0 Å². The van der Waals surface area contributed by atoms with Crippen molar-refractivity contribution in [3.63, 3.8) is 0 Å². The molecule has 2 aromatic rings. The molecule has 0 saturated carbocycles. The molecule has 0 bridgehead atoms. The van der Waals surface area contributed by atoms with E-state index in [2.05, 4.69) is 0 Å². The maximum absolute atomic E-state index is 12.7. The first-order valence-corrected chi connectivity index (χ1v) is 9.28. The number of ketones is 1. The molecule has 0 aliphatic carbocycles. The lowest BCUT2D eigenvalue weighted by Crippen LogP contribution is -2.32. The van der Waals surface area contributed by atoms with E-state index in [0.717, 1.165) is 0 Å². The van der Waals surface area contributed by atoms with Crippen molar-refractivity contribution in [1.29, 1.82) is 0 Å². The van der Waals surface area contributed by atoms with Crippen LogP contribution in [0.2, 0.25) is 0 Å². The maximum Gasteiger partial charge on any atom is 0.295 e. The SMILES string of the molecule is CCOc1ccc(C2/C(=C(/O)c3ccc(OC)cc3)C(=O)C(=O)N2CCO)cc1. The van der Waals surface area contributed by atoms with E-state index >= 15 is 0 Å². The first-order chi connectivity index (χ1) is 14.0. The number of carbonyl (C=O) groups is 2. The quantitative estimate of drug-likeness (QED) is 0.423. The fourth-order valence-corrected chi connectivity index (χ4v) is 3.38. The zero-order valence-electron chi connectivity index (χ0n) is 16.3. The first kappa shape index (κ1) is 20.4. The Hall–Kier alpha value is -3.32. The number of carbonyl (C=O) groups excluding carboxylic acids is 2. The minimum atomic E-state index is -0.806. The highest BCUT2D eigenvalue weighted by molar-refractivity contribution is 6.46. The Kier molecular flexibility index (Phi) is 6.19. The molecule has 1 amide bonds. The molecular weight excluding hydrogens is 374 g/mol. The first-order valence-electron chi connectivity index (χ1n) is 9.28. The zero-order chi connectivity index (χ0) is 21.0. The topological polar surface area (TPSA) is 96.3 Å². The fraction of sp³-hybridized carbons (Fsp3) is 0.273. The van der Waals surface area contributed by atoms with Crippen LogP contribution in [0.25, 0.3) is 5.76 Å². The molecule has 1 saturated heterocycles. The highest BCUT2D eigenvalue weighted by atomic mass is 16.5. The van der Waals surface area contributed by atoms with Crippen molar-refractivity contribution >= 4 is 17.4 Å². The van der Waals surface area contributed by atoms with E-state index in [4.69, 9.17) is 9.47 Å². The van der Waals surface area contributed by atoms with Gasteiger partial charge in [-0.1, -0.05) is 12.1 Å². The lowest BCUT2D eigenvalue weighted by molar-refractivity contribution is -0.140.